The average Bonchev–Trinajstić information content (AvgIpc) is 2.48. The molecule has 0 aliphatic heterocycles. The Labute approximate surface area is 126 Å². The van der Waals surface area contributed by atoms with Crippen LogP contribution in [0.1, 0.15) is 5.56 Å². The summed E-state index contributed by atoms with van der Waals surface area (Å²) in [7, 11) is 0. The van der Waals surface area contributed by atoms with Gasteiger partial charge < -0.3 is 5.32 Å². The van der Waals surface area contributed by atoms with Gasteiger partial charge in [-0.05, 0) is 36.2 Å². The fourth-order valence-corrected chi connectivity index (χ4v) is 2.48. The van der Waals surface area contributed by atoms with Gasteiger partial charge in [-0.1, -0.05) is 29.8 Å². The largest absolute Gasteiger partial charge is 0.369 e. The number of halogens is 2. The first kappa shape index (κ1) is 13.8. The van der Waals surface area contributed by atoms with E-state index in [1.807, 2.05) is 24.3 Å². The number of hydrogen-bond acceptors (Lipinski definition) is 3. The van der Waals surface area contributed by atoms with Gasteiger partial charge in [0.1, 0.15) is 18.0 Å². The van der Waals surface area contributed by atoms with Crippen molar-refractivity contribution in [1.82, 2.24) is 9.97 Å². The van der Waals surface area contributed by atoms with Crippen molar-refractivity contribution < 1.29 is 4.39 Å². The molecule has 1 heterocycles. The minimum Gasteiger partial charge on any atom is -0.369 e. The van der Waals surface area contributed by atoms with E-state index < -0.39 is 0 Å². The third-order valence-electron chi connectivity index (χ3n) is 3.21. The zero-order valence-corrected chi connectivity index (χ0v) is 11.9. The predicted octanol–water partition coefficient (Wildman–Crippen LogP) is 4.08. The topological polar surface area (TPSA) is 37.8 Å². The van der Waals surface area contributed by atoms with Gasteiger partial charge >= 0.3 is 0 Å². The molecule has 0 fully saturated rings. The summed E-state index contributed by atoms with van der Waals surface area (Å²) < 4.78 is 13.1. The van der Waals surface area contributed by atoms with Crippen molar-refractivity contribution in [2.75, 3.05) is 11.9 Å². The Balaban J connectivity index is 1.77. The first-order valence-corrected chi connectivity index (χ1v) is 6.99. The summed E-state index contributed by atoms with van der Waals surface area (Å²) in [6.45, 7) is 0.640. The minimum atomic E-state index is -0.219. The molecule has 0 aliphatic rings. The average molecular weight is 302 g/mol. The smallest absolute Gasteiger partial charge is 0.138 e. The second-order valence-electron chi connectivity index (χ2n) is 4.66. The van der Waals surface area contributed by atoms with Crippen LogP contribution < -0.4 is 5.32 Å². The Morgan fingerprint density at radius 1 is 1.10 bits per heavy atom. The van der Waals surface area contributed by atoms with Crippen molar-refractivity contribution in [2.45, 2.75) is 6.42 Å². The highest BCUT2D eigenvalue weighted by Crippen LogP contribution is 2.27. The van der Waals surface area contributed by atoms with Crippen LogP contribution in [0.4, 0.5) is 10.2 Å². The summed E-state index contributed by atoms with van der Waals surface area (Å²) in [6, 6.07) is 12.1. The maximum atomic E-state index is 13.1. The quantitative estimate of drug-likeness (QED) is 0.789. The molecule has 0 saturated heterocycles. The summed E-state index contributed by atoms with van der Waals surface area (Å²) in [5.74, 6) is 0.477. The number of rotatable bonds is 4. The van der Waals surface area contributed by atoms with Crippen molar-refractivity contribution >= 4 is 28.3 Å². The fourth-order valence-electron chi connectivity index (χ4n) is 2.22. The highest BCUT2D eigenvalue weighted by molar-refractivity contribution is 6.36. The molecule has 0 bridgehead atoms. The molecule has 0 unspecified atom stereocenters. The first-order chi connectivity index (χ1) is 10.2. The number of benzene rings is 2. The van der Waals surface area contributed by atoms with Crippen LogP contribution in [0.2, 0.25) is 5.02 Å². The SMILES string of the molecule is Fc1cccc(CCNc2ncnc3cccc(Cl)c23)c1. The predicted molar refractivity (Wildman–Crippen MR) is 83.1 cm³/mol. The fraction of sp³-hybridized carbons (Fsp3) is 0.125. The van der Waals surface area contributed by atoms with Crippen LogP contribution in [-0.4, -0.2) is 16.5 Å². The molecule has 3 nitrogen and oxygen atoms in total. The molecular weight excluding hydrogens is 289 g/mol. The van der Waals surface area contributed by atoms with E-state index in [-0.39, 0.29) is 5.82 Å². The van der Waals surface area contributed by atoms with Crippen molar-refractivity contribution in [3.63, 3.8) is 0 Å². The van der Waals surface area contributed by atoms with E-state index in [1.165, 1.54) is 18.5 Å². The van der Waals surface area contributed by atoms with Gasteiger partial charge in [0.2, 0.25) is 0 Å². The molecule has 0 radical (unpaired) electrons. The van der Waals surface area contributed by atoms with Crippen LogP contribution in [0, 0.1) is 5.82 Å². The third-order valence-corrected chi connectivity index (χ3v) is 3.52. The number of anilines is 1. The molecule has 1 aromatic heterocycles. The molecule has 3 rings (SSSR count). The summed E-state index contributed by atoms with van der Waals surface area (Å²) in [5.41, 5.74) is 1.73. The van der Waals surface area contributed by atoms with Gasteiger partial charge in [0.15, 0.2) is 0 Å². The van der Waals surface area contributed by atoms with Gasteiger partial charge in [-0.15, -0.1) is 0 Å². The first-order valence-electron chi connectivity index (χ1n) is 6.61. The molecule has 5 heteroatoms. The van der Waals surface area contributed by atoms with E-state index in [2.05, 4.69) is 15.3 Å². The number of hydrogen-bond donors (Lipinski definition) is 1. The lowest BCUT2D eigenvalue weighted by Crippen LogP contribution is -2.07. The van der Waals surface area contributed by atoms with Gasteiger partial charge in [0.25, 0.3) is 0 Å². The zero-order chi connectivity index (χ0) is 14.7. The summed E-state index contributed by atoms with van der Waals surface area (Å²) >= 11 is 6.21. The molecule has 106 valence electrons. The van der Waals surface area contributed by atoms with Crippen LogP contribution in [0.5, 0.6) is 0 Å². The molecule has 1 N–H and O–H groups in total. The van der Waals surface area contributed by atoms with Crippen molar-refractivity contribution in [3.8, 4) is 0 Å². The normalized spacial score (nSPS) is 10.8. The Morgan fingerprint density at radius 3 is 2.81 bits per heavy atom. The Morgan fingerprint density at radius 2 is 1.95 bits per heavy atom. The summed E-state index contributed by atoms with van der Waals surface area (Å²) in [4.78, 5) is 8.43. The summed E-state index contributed by atoms with van der Waals surface area (Å²) in [6.07, 6.45) is 2.21. The minimum absolute atomic E-state index is 0.219. The van der Waals surface area contributed by atoms with Gasteiger partial charge in [-0.25, -0.2) is 14.4 Å². The van der Waals surface area contributed by atoms with Crippen molar-refractivity contribution in [2.24, 2.45) is 0 Å². The second-order valence-corrected chi connectivity index (χ2v) is 5.07. The van der Waals surface area contributed by atoms with E-state index in [0.717, 1.165) is 16.5 Å². The molecule has 0 amide bonds. The van der Waals surface area contributed by atoms with E-state index in [9.17, 15) is 4.39 Å². The van der Waals surface area contributed by atoms with Crippen LogP contribution >= 0.6 is 11.6 Å². The van der Waals surface area contributed by atoms with Crippen LogP contribution in [0.3, 0.4) is 0 Å². The molecule has 3 aromatic rings. The molecule has 0 spiro atoms. The van der Waals surface area contributed by atoms with E-state index in [1.54, 1.807) is 6.07 Å². The molecule has 0 atom stereocenters. The zero-order valence-electron chi connectivity index (χ0n) is 11.2. The number of nitrogens with zero attached hydrogens (tertiary/aromatic N) is 2. The lowest BCUT2D eigenvalue weighted by atomic mass is 10.1. The standard InChI is InChI=1S/C16H13ClFN3/c17-13-5-2-6-14-15(13)16(21-10-20-14)19-8-7-11-3-1-4-12(18)9-11/h1-6,9-10H,7-8H2,(H,19,20,21). The van der Waals surface area contributed by atoms with Crippen LogP contribution in [-0.2, 0) is 6.42 Å². The van der Waals surface area contributed by atoms with E-state index in [4.69, 9.17) is 11.6 Å². The van der Waals surface area contributed by atoms with Gasteiger partial charge in [-0.3, -0.25) is 0 Å². The molecule has 2 aromatic carbocycles. The van der Waals surface area contributed by atoms with Crippen molar-refractivity contribution in [3.05, 3.63) is 65.2 Å². The van der Waals surface area contributed by atoms with Crippen LogP contribution in [0.15, 0.2) is 48.8 Å². The summed E-state index contributed by atoms with van der Waals surface area (Å²) in [5, 5.41) is 4.66. The van der Waals surface area contributed by atoms with E-state index in [0.29, 0.717) is 23.8 Å². The highest BCUT2D eigenvalue weighted by Gasteiger charge is 2.06. The molecule has 21 heavy (non-hydrogen) atoms. The Kier molecular flexibility index (Phi) is 3.97. The van der Waals surface area contributed by atoms with Crippen LogP contribution in [0.25, 0.3) is 10.9 Å². The number of aromatic nitrogens is 2. The lowest BCUT2D eigenvalue weighted by molar-refractivity contribution is 0.625. The van der Waals surface area contributed by atoms with Gasteiger partial charge in [0.05, 0.1) is 15.9 Å². The van der Waals surface area contributed by atoms with E-state index >= 15 is 0 Å². The molecule has 0 aliphatic carbocycles. The number of fused-ring (bicyclic) bond motifs is 1. The third kappa shape index (κ3) is 3.11. The number of nitrogens with one attached hydrogen (secondary N) is 1. The Bertz CT molecular complexity index is 771. The molecule has 0 saturated carbocycles. The van der Waals surface area contributed by atoms with Gasteiger partial charge in [0, 0.05) is 6.54 Å². The van der Waals surface area contributed by atoms with Crippen molar-refractivity contribution in [1.29, 1.82) is 0 Å². The lowest BCUT2D eigenvalue weighted by Gasteiger charge is -2.09. The Hall–Kier alpha value is -2.20. The monoisotopic (exact) mass is 301 g/mol. The molecular formula is C16H13ClFN3. The maximum Gasteiger partial charge on any atom is 0.138 e. The highest BCUT2D eigenvalue weighted by atomic mass is 35.5. The van der Waals surface area contributed by atoms with Gasteiger partial charge in [-0.2, -0.15) is 0 Å². The maximum absolute atomic E-state index is 13.1. The second kappa shape index (κ2) is 6.06.